The van der Waals surface area contributed by atoms with Crippen LogP contribution < -0.4 is 0 Å². The Bertz CT molecular complexity index is 199. The molecule has 0 aromatic heterocycles. The Morgan fingerprint density at radius 1 is 0.867 bits per heavy atom. The van der Waals surface area contributed by atoms with Gasteiger partial charge in [-0.3, -0.25) is 4.79 Å². The third-order valence-corrected chi connectivity index (χ3v) is 2.73. The summed E-state index contributed by atoms with van der Waals surface area (Å²) in [6.07, 6.45) is -1.61. The van der Waals surface area contributed by atoms with Crippen LogP contribution in [0.3, 0.4) is 0 Å². The Morgan fingerprint density at radius 2 is 1.27 bits per heavy atom. The summed E-state index contributed by atoms with van der Waals surface area (Å²) in [5.74, 6) is -2.02. The summed E-state index contributed by atoms with van der Waals surface area (Å²) < 4.78 is 5.22. The molecule has 0 aliphatic carbocycles. The van der Waals surface area contributed by atoms with Crippen molar-refractivity contribution in [3.8, 4) is 0 Å². The fourth-order valence-corrected chi connectivity index (χ4v) is 1.81. The van der Waals surface area contributed by atoms with Gasteiger partial charge in [-0.25, -0.2) is 0 Å². The summed E-state index contributed by atoms with van der Waals surface area (Å²) in [5.41, 5.74) is 0. The minimum atomic E-state index is -0.824. The van der Waals surface area contributed by atoms with Gasteiger partial charge in [-0.2, -0.15) is 0 Å². The summed E-state index contributed by atoms with van der Waals surface area (Å²) in [5, 5.41) is 35.9. The topological polar surface area (TPSA) is 107 Å². The largest absolute Gasteiger partial charge is 0.396 e. The molecule has 0 aromatic rings. The van der Waals surface area contributed by atoms with Crippen LogP contribution in [0, 0.1) is 11.8 Å². The van der Waals surface area contributed by atoms with Gasteiger partial charge in [0.25, 0.3) is 0 Å². The highest BCUT2D eigenvalue weighted by Crippen LogP contribution is 2.26. The van der Waals surface area contributed by atoms with E-state index in [1.807, 2.05) is 0 Å². The molecule has 0 amide bonds. The zero-order valence-corrected chi connectivity index (χ0v) is 8.24. The molecule has 0 radical (unpaired) electrons. The van der Waals surface area contributed by atoms with Crippen LogP contribution in [0.15, 0.2) is 0 Å². The molecular formula is C9H16O6. The molecule has 0 spiro atoms. The van der Waals surface area contributed by atoms with Crippen molar-refractivity contribution >= 4 is 5.78 Å². The molecule has 1 rings (SSSR count). The molecule has 0 saturated carbocycles. The summed E-state index contributed by atoms with van der Waals surface area (Å²) in [4.78, 5) is 11.7. The molecule has 6 nitrogen and oxygen atoms in total. The number of carbonyl (C=O) groups is 1. The van der Waals surface area contributed by atoms with E-state index in [9.17, 15) is 4.79 Å². The van der Waals surface area contributed by atoms with Crippen LogP contribution >= 0.6 is 0 Å². The van der Waals surface area contributed by atoms with Crippen LogP contribution in [0.25, 0.3) is 0 Å². The van der Waals surface area contributed by atoms with Gasteiger partial charge >= 0.3 is 0 Å². The highest BCUT2D eigenvalue weighted by atomic mass is 16.5. The number of hydrogen-bond donors (Lipinski definition) is 4. The van der Waals surface area contributed by atoms with Gasteiger partial charge in [0.15, 0.2) is 0 Å². The van der Waals surface area contributed by atoms with Crippen LogP contribution in [0.4, 0.5) is 0 Å². The fraction of sp³-hybridized carbons (Fsp3) is 0.889. The van der Waals surface area contributed by atoms with E-state index in [1.54, 1.807) is 0 Å². The normalized spacial score (nSPS) is 36.9. The number of aliphatic hydroxyl groups is 4. The Kier molecular flexibility index (Phi) is 4.62. The number of Topliss-reactive ketones (excluding diaryl/α,β-unsaturated/α-hetero) is 1. The number of ketones is 1. The quantitative estimate of drug-likeness (QED) is 0.418. The molecule has 1 saturated heterocycles. The van der Waals surface area contributed by atoms with E-state index in [-0.39, 0.29) is 5.78 Å². The minimum Gasteiger partial charge on any atom is -0.396 e. The molecule has 1 aliphatic heterocycles. The number of carbonyl (C=O) groups excluding carboxylic acids is 1. The molecule has 4 unspecified atom stereocenters. The Labute approximate surface area is 87.1 Å². The molecule has 4 atom stereocenters. The van der Waals surface area contributed by atoms with Gasteiger partial charge in [0, 0.05) is 0 Å². The van der Waals surface area contributed by atoms with Crippen molar-refractivity contribution in [2.75, 3.05) is 26.4 Å². The first-order valence-electron chi connectivity index (χ1n) is 4.82. The molecule has 0 bridgehead atoms. The SMILES string of the molecule is O=C1C(CO)C(CO)OC(CO)C1CO. The molecular weight excluding hydrogens is 204 g/mol. The first-order chi connectivity index (χ1) is 7.19. The molecule has 1 heterocycles. The van der Waals surface area contributed by atoms with Crippen LogP contribution in [0.1, 0.15) is 0 Å². The maximum absolute atomic E-state index is 11.7. The lowest BCUT2D eigenvalue weighted by Gasteiger charge is -2.37. The van der Waals surface area contributed by atoms with Gasteiger partial charge in [0.05, 0.1) is 50.5 Å². The molecule has 15 heavy (non-hydrogen) atoms. The smallest absolute Gasteiger partial charge is 0.149 e. The molecule has 4 N–H and O–H groups in total. The van der Waals surface area contributed by atoms with Crippen molar-refractivity contribution < 1.29 is 30.0 Å². The van der Waals surface area contributed by atoms with Gasteiger partial charge in [0.2, 0.25) is 0 Å². The third kappa shape index (κ3) is 2.35. The van der Waals surface area contributed by atoms with Crippen molar-refractivity contribution in [3.05, 3.63) is 0 Å². The van der Waals surface area contributed by atoms with Crippen LogP contribution in [-0.4, -0.2) is 64.8 Å². The van der Waals surface area contributed by atoms with Gasteiger partial charge in [0.1, 0.15) is 5.78 Å². The second-order valence-electron chi connectivity index (χ2n) is 3.56. The summed E-state index contributed by atoms with van der Waals surface area (Å²) in [6, 6.07) is 0. The second-order valence-corrected chi connectivity index (χ2v) is 3.56. The number of aliphatic hydroxyl groups excluding tert-OH is 4. The van der Waals surface area contributed by atoms with E-state index < -0.39 is 50.5 Å². The lowest BCUT2D eigenvalue weighted by atomic mass is 9.83. The number of ether oxygens (including phenoxy) is 1. The summed E-state index contributed by atoms with van der Waals surface area (Å²) in [7, 11) is 0. The standard InChI is InChI=1S/C9H16O6/c10-1-5-7(3-12)15-8(4-13)6(2-11)9(5)14/h5-8,10-13H,1-4H2. The summed E-state index contributed by atoms with van der Waals surface area (Å²) in [6.45, 7) is -1.66. The molecule has 0 aromatic carbocycles. The molecule has 88 valence electrons. The lowest BCUT2D eigenvalue weighted by molar-refractivity contribution is -0.176. The van der Waals surface area contributed by atoms with E-state index in [2.05, 4.69) is 0 Å². The monoisotopic (exact) mass is 220 g/mol. The zero-order valence-electron chi connectivity index (χ0n) is 8.24. The Hall–Kier alpha value is -0.530. The van der Waals surface area contributed by atoms with Crippen molar-refractivity contribution in [2.24, 2.45) is 11.8 Å². The Morgan fingerprint density at radius 3 is 1.53 bits per heavy atom. The van der Waals surface area contributed by atoms with Crippen molar-refractivity contribution in [3.63, 3.8) is 0 Å². The first-order valence-corrected chi connectivity index (χ1v) is 4.82. The lowest BCUT2D eigenvalue weighted by Crippen LogP contribution is -2.53. The number of rotatable bonds is 4. The minimum absolute atomic E-state index is 0.371. The predicted octanol–water partition coefficient (Wildman–Crippen LogP) is -2.48. The van der Waals surface area contributed by atoms with Crippen molar-refractivity contribution in [2.45, 2.75) is 12.2 Å². The third-order valence-electron chi connectivity index (χ3n) is 2.73. The van der Waals surface area contributed by atoms with E-state index in [0.717, 1.165) is 0 Å². The highest BCUT2D eigenvalue weighted by molar-refractivity contribution is 5.85. The molecule has 1 fully saturated rings. The zero-order chi connectivity index (χ0) is 11.4. The van der Waals surface area contributed by atoms with E-state index in [0.29, 0.717) is 0 Å². The van der Waals surface area contributed by atoms with Crippen LogP contribution in [0.5, 0.6) is 0 Å². The highest BCUT2D eigenvalue weighted by Gasteiger charge is 2.43. The molecule has 1 aliphatic rings. The average molecular weight is 220 g/mol. The molecule has 6 heteroatoms. The van der Waals surface area contributed by atoms with Gasteiger partial charge < -0.3 is 25.2 Å². The summed E-state index contributed by atoms with van der Waals surface area (Å²) >= 11 is 0. The van der Waals surface area contributed by atoms with Crippen molar-refractivity contribution in [1.82, 2.24) is 0 Å². The number of hydrogen-bond acceptors (Lipinski definition) is 6. The van der Waals surface area contributed by atoms with E-state index in [4.69, 9.17) is 25.2 Å². The fourth-order valence-electron chi connectivity index (χ4n) is 1.81. The van der Waals surface area contributed by atoms with Crippen molar-refractivity contribution in [1.29, 1.82) is 0 Å². The van der Waals surface area contributed by atoms with Gasteiger partial charge in [-0.05, 0) is 0 Å². The average Bonchev–Trinajstić information content (AvgIpc) is 2.27. The van der Waals surface area contributed by atoms with Crippen LogP contribution in [-0.2, 0) is 9.53 Å². The van der Waals surface area contributed by atoms with Crippen LogP contribution in [0.2, 0.25) is 0 Å². The van der Waals surface area contributed by atoms with E-state index >= 15 is 0 Å². The maximum Gasteiger partial charge on any atom is 0.149 e. The second kappa shape index (κ2) is 5.53. The van der Waals surface area contributed by atoms with E-state index in [1.165, 1.54) is 0 Å². The Balaban J connectivity index is 2.82. The van der Waals surface area contributed by atoms with Gasteiger partial charge in [-0.15, -0.1) is 0 Å². The predicted molar refractivity (Wildman–Crippen MR) is 49.0 cm³/mol. The maximum atomic E-state index is 11.7. The van der Waals surface area contributed by atoms with Gasteiger partial charge in [-0.1, -0.05) is 0 Å². The first kappa shape index (κ1) is 12.5.